The molecule has 28 heavy (non-hydrogen) atoms. The van der Waals surface area contributed by atoms with Crippen LogP contribution in [0, 0.1) is 12.3 Å². The molecule has 1 spiro atoms. The van der Waals surface area contributed by atoms with E-state index in [1.807, 2.05) is 17.0 Å². The minimum atomic E-state index is -0.0775. The maximum Gasteiger partial charge on any atom is 0.275 e. The van der Waals surface area contributed by atoms with Crippen LogP contribution in [0.4, 0.5) is 0 Å². The lowest BCUT2D eigenvalue weighted by molar-refractivity contribution is 0.0110. The minimum absolute atomic E-state index is 0.0506. The third-order valence-electron chi connectivity index (χ3n) is 5.59. The Hall–Kier alpha value is -3.07. The summed E-state index contributed by atoms with van der Waals surface area (Å²) in [5.74, 6) is 1.61. The molecule has 0 aromatic carbocycles. The van der Waals surface area contributed by atoms with Crippen molar-refractivity contribution in [2.24, 2.45) is 5.41 Å². The monoisotopic (exact) mass is 380 g/mol. The Bertz CT molecular complexity index is 1010. The molecule has 2 aliphatic heterocycles. The summed E-state index contributed by atoms with van der Waals surface area (Å²) >= 11 is 0. The third kappa shape index (κ3) is 2.78. The average molecular weight is 380 g/mol. The maximum atomic E-state index is 12.5. The summed E-state index contributed by atoms with van der Waals surface area (Å²) in [4.78, 5) is 29.3. The molecule has 2 aliphatic rings. The van der Waals surface area contributed by atoms with Gasteiger partial charge >= 0.3 is 0 Å². The minimum Gasteiger partial charge on any atom is -0.448 e. The summed E-state index contributed by atoms with van der Waals surface area (Å²) in [7, 11) is 2.06. The molecule has 0 N–H and O–H groups in total. The van der Waals surface area contributed by atoms with Gasteiger partial charge in [-0.25, -0.2) is 4.98 Å². The van der Waals surface area contributed by atoms with E-state index in [0.717, 1.165) is 18.5 Å². The molecule has 5 heterocycles. The van der Waals surface area contributed by atoms with E-state index in [2.05, 4.69) is 32.1 Å². The van der Waals surface area contributed by atoms with Crippen molar-refractivity contribution < 1.29 is 13.7 Å². The lowest BCUT2D eigenvalue weighted by atomic mass is 9.77. The van der Waals surface area contributed by atoms with Gasteiger partial charge in [-0.1, -0.05) is 5.16 Å². The van der Waals surface area contributed by atoms with E-state index in [1.165, 1.54) is 6.26 Å². The molecule has 9 heteroatoms. The van der Waals surface area contributed by atoms with Crippen molar-refractivity contribution >= 4 is 5.91 Å². The van der Waals surface area contributed by atoms with Crippen LogP contribution in [0.1, 0.15) is 34.7 Å². The summed E-state index contributed by atoms with van der Waals surface area (Å²) in [6.45, 7) is 4.01. The van der Waals surface area contributed by atoms with Crippen LogP contribution < -0.4 is 0 Å². The number of hydrogen-bond acceptors (Lipinski definition) is 8. The van der Waals surface area contributed by atoms with Gasteiger partial charge in [0.05, 0.1) is 6.04 Å². The summed E-state index contributed by atoms with van der Waals surface area (Å²) in [5.41, 5.74) is 1.30. The zero-order valence-corrected chi connectivity index (χ0v) is 15.7. The smallest absolute Gasteiger partial charge is 0.275 e. The Morgan fingerprint density at radius 2 is 2.00 bits per heavy atom. The fourth-order valence-electron chi connectivity index (χ4n) is 4.29. The van der Waals surface area contributed by atoms with Gasteiger partial charge in [-0.2, -0.15) is 4.98 Å². The Morgan fingerprint density at radius 1 is 1.21 bits per heavy atom. The number of rotatable bonds is 3. The number of aromatic nitrogens is 4. The second-order valence-corrected chi connectivity index (χ2v) is 7.74. The van der Waals surface area contributed by atoms with E-state index >= 15 is 0 Å². The second-order valence-electron chi connectivity index (χ2n) is 7.74. The number of hydrogen-bond donors (Lipinski definition) is 0. The number of amides is 1. The molecule has 9 nitrogen and oxygen atoms in total. The van der Waals surface area contributed by atoms with E-state index < -0.39 is 0 Å². The molecule has 2 fully saturated rings. The number of carbonyl (C=O) groups excluding carboxylic acids is 1. The number of aryl methyl sites for hydroxylation is 1. The summed E-state index contributed by atoms with van der Waals surface area (Å²) < 4.78 is 10.7. The van der Waals surface area contributed by atoms with Crippen molar-refractivity contribution in [3.05, 3.63) is 48.3 Å². The van der Waals surface area contributed by atoms with Crippen molar-refractivity contribution in [2.75, 3.05) is 26.7 Å². The summed E-state index contributed by atoms with van der Waals surface area (Å²) in [5, 5.41) is 4.12. The van der Waals surface area contributed by atoms with Gasteiger partial charge in [0.2, 0.25) is 11.7 Å². The Labute approximate surface area is 161 Å². The summed E-state index contributed by atoms with van der Waals surface area (Å²) in [6, 6.07) is 3.76. The first-order valence-electron chi connectivity index (χ1n) is 9.19. The molecule has 3 aromatic heterocycles. The van der Waals surface area contributed by atoms with E-state index in [-0.39, 0.29) is 17.4 Å². The van der Waals surface area contributed by atoms with Gasteiger partial charge in [0, 0.05) is 49.9 Å². The van der Waals surface area contributed by atoms with Gasteiger partial charge < -0.3 is 13.8 Å². The van der Waals surface area contributed by atoms with Crippen LogP contribution in [0.25, 0.3) is 11.4 Å². The largest absolute Gasteiger partial charge is 0.448 e. The van der Waals surface area contributed by atoms with Crippen molar-refractivity contribution in [3.63, 3.8) is 0 Å². The molecule has 3 aromatic rings. The maximum absolute atomic E-state index is 12.5. The second kappa shape index (κ2) is 6.23. The van der Waals surface area contributed by atoms with Crippen molar-refractivity contribution in [1.29, 1.82) is 0 Å². The fraction of sp³-hybridized carbons (Fsp3) is 0.421. The molecule has 1 amide bonds. The predicted molar refractivity (Wildman–Crippen MR) is 97.1 cm³/mol. The van der Waals surface area contributed by atoms with E-state index in [4.69, 9.17) is 8.94 Å². The quantitative estimate of drug-likeness (QED) is 0.679. The Morgan fingerprint density at radius 3 is 2.71 bits per heavy atom. The van der Waals surface area contributed by atoms with E-state index in [9.17, 15) is 4.79 Å². The molecular formula is C19H20N6O3. The molecular weight excluding hydrogens is 360 g/mol. The molecule has 5 rings (SSSR count). The van der Waals surface area contributed by atoms with Crippen molar-refractivity contribution in [2.45, 2.75) is 19.4 Å². The molecule has 0 aliphatic carbocycles. The van der Waals surface area contributed by atoms with Gasteiger partial charge in [0.25, 0.3) is 5.91 Å². The van der Waals surface area contributed by atoms with Gasteiger partial charge in [0.1, 0.15) is 6.26 Å². The molecule has 1 unspecified atom stereocenters. The number of likely N-dealkylation sites (tertiary alicyclic amines) is 2. The first-order chi connectivity index (χ1) is 13.5. The first kappa shape index (κ1) is 17.1. The van der Waals surface area contributed by atoms with E-state index in [1.54, 1.807) is 19.3 Å². The molecule has 0 bridgehead atoms. The van der Waals surface area contributed by atoms with Crippen molar-refractivity contribution in [3.8, 4) is 11.4 Å². The normalized spacial score (nSPS) is 21.2. The highest BCUT2D eigenvalue weighted by Crippen LogP contribution is 2.47. The Balaban J connectivity index is 1.28. The number of carbonyl (C=O) groups is 1. The lowest BCUT2D eigenvalue weighted by Crippen LogP contribution is -2.59. The van der Waals surface area contributed by atoms with E-state index in [0.29, 0.717) is 36.4 Å². The molecule has 144 valence electrons. The van der Waals surface area contributed by atoms with Crippen LogP contribution in [0.3, 0.4) is 0 Å². The van der Waals surface area contributed by atoms with Gasteiger partial charge in [-0.05, 0) is 25.6 Å². The SMILES string of the molecule is Cc1nc(C(=O)N2CC3(CC(c4nc(-c5ccncc5)no4)N(C)C3)C2)co1. The number of pyridine rings is 1. The van der Waals surface area contributed by atoms with Crippen LogP contribution >= 0.6 is 0 Å². The summed E-state index contributed by atoms with van der Waals surface area (Å²) in [6.07, 6.45) is 5.71. The van der Waals surface area contributed by atoms with Crippen LogP contribution in [0.15, 0.2) is 39.7 Å². The standard InChI is InChI=1S/C19H20N6O3/c1-12-21-14(8-27-12)18(26)25-10-19(11-25)7-15(24(2)9-19)17-22-16(23-28-17)13-3-5-20-6-4-13/h3-6,8,15H,7,9-11H2,1-2H3. The zero-order valence-electron chi connectivity index (χ0n) is 15.7. The third-order valence-corrected chi connectivity index (χ3v) is 5.59. The first-order valence-corrected chi connectivity index (χ1v) is 9.19. The molecule has 0 radical (unpaired) electrons. The van der Waals surface area contributed by atoms with Gasteiger partial charge in [-0.15, -0.1) is 0 Å². The number of oxazole rings is 1. The molecule has 2 saturated heterocycles. The van der Waals surface area contributed by atoms with Crippen LogP contribution in [0.2, 0.25) is 0 Å². The average Bonchev–Trinajstić information content (AvgIpc) is 3.39. The lowest BCUT2D eigenvalue weighted by Gasteiger charge is -2.47. The Kier molecular flexibility index (Phi) is 3.80. The predicted octanol–water partition coefficient (Wildman–Crippen LogP) is 1.95. The highest BCUT2D eigenvalue weighted by Gasteiger charge is 2.53. The van der Waals surface area contributed by atoms with Crippen LogP contribution in [-0.2, 0) is 0 Å². The molecule has 0 saturated carbocycles. The van der Waals surface area contributed by atoms with Gasteiger partial charge in [-0.3, -0.25) is 14.7 Å². The zero-order chi connectivity index (χ0) is 19.3. The van der Waals surface area contributed by atoms with Gasteiger partial charge in [0.15, 0.2) is 11.6 Å². The highest BCUT2D eigenvalue weighted by atomic mass is 16.5. The van der Waals surface area contributed by atoms with Crippen molar-refractivity contribution in [1.82, 2.24) is 29.9 Å². The highest BCUT2D eigenvalue weighted by molar-refractivity contribution is 5.92. The fourth-order valence-corrected chi connectivity index (χ4v) is 4.29. The topological polar surface area (TPSA) is 101 Å². The molecule has 1 atom stereocenters. The van der Waals surface area contributed by atoms with Crippen LogP contribution in [0.5, 0.6) is 0 Å². The number of nitrogens with zero attached hydrogens (tertiary/aromatic N) is 6. The van der Waals surface area contributed by atoms with Crippen LogP contribution in [-0.4, -0.2) is 62.5 Å².